The van der Waals surface area contributed by atoms with Crippen molar-refractivity contribution in [3.05, 3.63) is 47.5 Å². The first kappa shape index (κ1) is 24.1. The van der Waals surface area contributed by atoms with Crippen LogP contribution in [0.4, 0.5) is 0 Å². The van der Waals surface area contributed by atoms with Crippen molar-refractivity contribution in [2.75, 3.05) is 13.8 Å². The van der Waals surface area contributed by atoms with Crippen LogP contribution < -0.4 is 4.74 Å². The summed E-state index contributed by atoms with van der Waals surface area (Å²) in [4.78, 5) is 14.5. The van der Waals surface area contributed by atoms with E-state index in [0.717, 1.165) is 67.4 Å². The lowest BCUT2D eigenvalue weighted by Crippen LogP contribution is -2.54. The third-order valence-corrected chi connectivity index (χ3v) is 8.00. The second-order valence-corrected chi connectivity index (χ2v) is 10.3. The number of phenolic OH excluding ortho intramolecular Hbond substituents is 1. The third-order valence-electron chi connectivity index (χ3n) is 8.00. The van der Waals surface area contributed by atoms with Gasteiger partial charge in [0.2, 0.25) is 0 Å². The van der Waals surface area contributed by atoms with E-state index in [1.807, 2.05) is 12.1 Å². The summed E-state index contributed by atoms with van der Waals surface area (Å²) in [6, 6.07) is 12.9. The number of rotatable bonds is 2. The van der Waals surface area contributed by atoms with Crippen molar-refractivity contribution in [2.45, 2.75) is 89.0 Å². The molecule has 2 aromatic carbocycles. The number of benzene rings is 2. The van der Waals surface area contributed by atoms with Crippen LogP contribution in [0.5, 0.6) is 11.5 Å². The highest BCUT2D eigenvalue weighted by Crippen LogP contribution is 2.39. The van der Waals surface area contributed by atoms with E-state index in [9.17, 15) is 9.90 Å². The van der Waals surface area contributed by atoms with E-state index in [4.69, 9.17) is 14.2 Å². The number of aromatic hydroxyl groups is 1. The van der Waals surface area contributed by atoms with Gasteiger partial charge in [-0.2, -0.15) is 0 Å². The van der Waals surface area contributed by atoms with Crippen molar-refractivity contribution < 1.29 is 24.1 Å². The molecule has 2 fully saturated rings. The van der Waals surface area contributed by atoms with Crippen LogP contribution >= 0.6 is 0 Å². The maximum absolute atomic E-state index is 11.9. The van der Waals surface area contributed by atoms with Crippen LogP contribution in [0.25, 0.3) is 11.1 Å². The summed E-state index contributed by atoms with van der Waals surface area (Å²) in [5, 5.41) is 10.7. The maximum atomic E-state index is 11.9. The molecular weight excluding hydrogens is 442 g/mol. The molecule has 2 saturated heterocycles. The molecule has 4 heterocycles. The monoisotopic (exact) mass is 479 g/mol. The highest BCUT2D eigenvalue weighted by Gasteiger charge is 2.37. The van der Waals surface area contributed by atoms with E-state index in [1.54, 1.807) is 13.2 Å². The topological polar surface area (TPSA) is 68.2 Å². The first-order valence-corrected chi connectivity index (χ1v) is 13.0. The van der Waals surface area contributed by atoms with Crippen molar-refractivity contribution >= 4 is 5.97 Å². The number of piperidine rings is 1. The number of phenols is 1. The number of carbonyl (C=O) groups excluding carboxylic acids is 1. The van der Waals surface area contributed by atoms with Gasteiger partial charge >= 0.3 is 5.97 Å². The standard InChI is InChI=1S/C29H37NO5/c1-19(31)35-25-11-7-21-9-13-29(33-2)27(15-21)26-14-20(8-12-28(26)32)6-10-24-16-22-4-3-5-23(17-25)30(22)18-34-24/h8-9,12-15,22-25,32H,3-7,10-11,16-18H2,1-2H3. The maximum Gasteiger partial charge on any atom is 0.302 e. The van der Waals surface area contributed by atoms with E-state index >= 15 is 0 Å². The summed E-state index contributed by atoms with van der Waals surface area (Å²) in [6.45, 7) is 2.16. The minimum atomic E-state index is -0.222. The molecule has 5 unspecified atom stereocenters. The quantitative estimate of drug-likeness (QED) is 0.595. The molecule has 1 N–H and O–H groups in total. The second-order valence-electron chi connectivity index (χ2n) is 10.3. The number of hydrogen-bond acceptors (Lipinski definition) is 6. The average Bonchev–Trinajstić information content (AvgIpc) is 2.86. The summed E-state index contributed by atoms with van der Waals surface area (Å²) in [6.07, 6.45) is 8.97. The molecular formula is C29H37NO5. The Morgan fingerprint density at radius 3 is 2.46 bits per heavy atom. The molecule has 0 spiro atoms. The SMILES string of the molecule is COc1ccc2cc1-c1cc(ccc1O)CCC1CC3CCCC(CC(OC(C)=O)CC2)N3CO1. The Kier molecular flexibility index (Phi) is 7.30. The molecule has 6 rings (SSSR count). The molecule has 4 aliphatic rings. The molecule has 4 aliphatic heterocycles. The van der Waals surface area contributed by atoms with Gasteiger partial charge in [-0.3, -0.25) is 9.69 Å². The van der Waals surface area contributed by atoms with Crippen LogP contribution in [0.15, 0.2) is 36.4 Å². The van der Waals surface area contributed by atoms with Gasteiger partial charge in [0.25, 0.3) is 0 Å². The molecule has 8 bridgehead atoms. The Labute approximate surface area is 208 Å². The fourth-order valence-corrected chi connectivity index (χ4v) is 6.19. The van der Waals surface area contributed by atoms with E-state index in [1.165, 1.54) is 25.3 Å². The van der Waals surface area contributed by atoms with E-state index < -0.39 is 0 Å². The second kappa shape index (κ2) is 10.6. The zero-order valence-electron chi connectivity index (χ0n) is 20.9. The van der Waals surface area contributed by atoms with Crippen LogP contribution in [0.1, 0.15) is 63.0 Å². The Balaban J connectivity index is 1.51. The number of ether oxygens (including phenoxy) is 3. The van der Waals surface area contributed by atoms with Gasteiger partial charge in [0.15, 0.2) is 0 Å². The fraction of sp³-hybridized carbons (Fsp3) is 0.552. The minimum Gasteiger partial charge on any atom is -0.507 e. The summed E-state index contributed by atoms with van der Waals surface area (Å²) >= 11 is 0. The molecule has 6 heteroatoms. The molecule has 0 aliphatic carbocycles. The first-order valence-electron chi connectivity index (χ1n) is 13.0. The molecule has 6 nitrogen and oxygen atoms in total. The van der Waals surface area contributed by atoms with Gasteiger partial charge in [-0.15, -0.1) is 0 Å². The molecule has 2 aromatic rings. The zero-order valence-corrected chi connectivity index (χ0v) is 20.9. The first-order chi connectivity index (χ1) is 17.0. The summed E-state index contributed by atoms with van der Waals surface area (Å²) in [5.41, 5.74) is 4.00. The molecule has 0 radical (unpaired) electrons. The molecule has 0 aromatic heterocycles. The summed E-state index contributed by atoms with van der Waals surface area (Å²) in [5.74, 6) is 0.762. The molecule has 188 valence electrons. The van der Waals surface area contributed by atoms with E-state index in [2.05, 4.69) is 23.1 Å². The highest BCUT2D eigenvalue weighted by molar-refractivity contribution is 5.76. The van der Waals surface area contributed by atoms with Crippen molar-refractivity contribution in [3.63, 3.8) is 0 Å². The van der Waals surface area contributed by atoms with Crippen LogP contribution in [0.2, 0.25) is 0 Å². The van der Waals surface area contributed by atoms with Gasteiger partial charge in [0.1, 0.15) is 17.6 Å². The molecule has 0 amide bonds. The number of aryl methyl sites for hydroxylation is 2. The molecule has 0 saturated carbocycles. The zero-order chi connectivity index (χ0) is 24.4. The van der Waals surface area contributed by atoms with Crippen molar-refractivity contribution in [1.82, 2.24) is 4.90 Å². The average molecular weight is 480 g/mol. The van der Waals surface area contributed by atoms with Crippen LogP contribution in [-0.4, -0.2) is 54.1 Å². The van der Waals surface area contributed by atoms with Gasteiger partial charge in [0, 0.05) is 36.6 Å². The van der Waals surface area contributed by atoms with E-state index in [-0.39, 0.29) is 23.9 Å². The third kappa shape index (κ3) is 5.49. The summed E-state index contributed by atoms with van der Waals surface area (Å²) in [7, 11) is 1.66. The number of methoxy groups -OCH3 is 1. The normalized spacial score (nSPS) is 28.7. The van der Waals surface area contributed by atoms with E-state index in [0.29, 0.717) is 18.8 Å². The Hall–Kier alpha value is -2.57. The fourth-order valence-electron chi connectivity index (χ4n) is 6.19. The number of hydrogen-bond donors (Lipinski definition) is 1. The van der Waals surface area contributed by atoms with Crippen LogP contribution in [-0.2, 0) is 27.1 Å². The van der Waals surface area contributed by atoms with Gasteiger partial charge < -0.3 is 19.3 Å². The van der Waals surface area contributed by atoms with Gasteiger partial charge in [0.05, 0.1) is 19.9 Å². The largest absolute Gasteiger partial charge is 0.507 e. The van der Waals surface area contributed by atoms with Crippen LogP contribution in [0, 0.1) is 0 Å². The molecule has 35 heavy (non-hydrogen) atoms. The predicted octanol–water partition coefficient (Wildman–Crippen LogP) is 5.24. The number of carbonyl (C=O) groups is 1. The number of esters is 1. The van der Waals surface area contributed by atoms with Crippen molar-refractivity contribution in [2.24, 2.45) is 0 Å². The van der Waals surface area contributed by atoms with Crippen molar-refractivity contribution in [3.8, 4) is 22.6 Å². The van der Waals surface area contributed by atoms with Gasteiger partial charge in [-0.1, -0.05) is 18.6 Å². The number of nitrogens with zero attached hydrogens (tertiary/aromatic N) is 1. The minimum absolute atomic E-state index is 0.132. The number of fused-ring (bicyclic) bond motifs is 5. The van der Waals surface area contributed by atoms with Crippen molar-refractivity contribution in [1.29, 1.82) is 0 Å². The lowest BCUT2D eigenvalue weighted by molar-refractivity contribution is -0.152. The Morgan fingerprint density at radius 1 is 0.971 bits per heavy atom. The highest BCUT2D eigenvalue weighted by atomic mass is 16.5. The lowest BCUT2D eigenvalue weighted by Gasteiger charge is -2.47. The predicted molar refractivity (Wildman–Crippen MR) is 135 cm³/mol. The van der Waals surface area contributed by atoms with Gasteiger partial charge in [-0.25, -0.2) is 0 Å². The Morgan fingerprint density at radius 2 is 1.69 bits per heavy atom. The Bertz CT molecular complexity index is 1050. The van der Waals surface area contributed by atoms with Gasteiger partial charge in [-0.05, 0) is 80.3 Å². The molecule has 5 atom stereocenters. The smallest absolute Gasteiger partial charge is 0.302 e. The van der Waals surface area contributed by atoms with Crippen LogP contribution in [0.3, 0.4) is 0 Å². The lowest BCUT2D eigenvalue weighted by atomic mass is 9.87. The summed E-state index contributed by atoms with van der Waals surface area (Å²) < 4.78 is 17.8.